The molecule has 2 aliphatic heterocycles. The first kappa shape index (κ1) is 22.4. The van der Waals surface area contributed by atoms with Crippen molar-refractivity contribution in [1.82, 2.24) is 9.88 Å². The van der Waals surface area contributed by atoms with Crippen LogP contribution in [0.25, 0.3) is 11.3 Å². The Kier molecular flexibility index (Phi) is 4.87. The van der Waals surface area contributed by atoms with Crippen molar-refractivity contribution >= 4 is 52.5 Å². The van der Waals surface area contributed by atoms with E-state index in [-0.39, 0.29) is 45.6 Å². The molecule has 0 spiro atoms. The molecule has 2 amide bonds. The number of aliphatic carboxylic acids is 1. The lowest BCUT2D eigenvalue weighted by atomic mass is 9.69. The van der Waals surface area contributed by atoms with Crippen LogP contribution in [0.4, 0.5) is 0 Å². The minimum Gasteiger partial charge on any atom is -0.480 e. The van der Waals surface area contributed by atoms with Crippen LogP contribution in [0, 0.1) is 29.6 Å². The number of carbonyl (C=O) groups excluding carboxylic acids is 2. The van der Waals surface area contributed by atoms with Gasteiger partial charge in [0, 0.05) is 10.8 Å². The number of thiazole rings is 1. The fourth-order valence-electron chi connectivity index (χ4n) is 7.01. The smallest absolute Gasteiger partial charge is 0.323 e. The highest BCUT2D eigenvalue weighted by Crippen LogP contribution is 2.68. The lowest BCUT2D eigenvalue weighted by Crippen LogP contribution is -2.42. The SMILES string of the molecule is O=C(O)CN1C(=O)C2C3CC(C2C1=O)C1C(c2ccc(-c4ccccc4Cl)o2)c2sc(=O)[nH]c2SC31. The maximum absolute atomic E-state index is 13.3. The first-order valence-electron chi connectivity index (χ1n) is 11.6. The maximum Gasteiger partial charge on any atom is 0.323 e. The molecule has 7 unspecified atom stereocenters. The predicted octanol–water partition coefficient (Wildman–Crippen LogP) is 3.91. The first-order valence-corrected chi connectivity index (χ1v) is 13.7. The molecule has 0 radical (unpaired) electrons. The highest BCUT2D eigenvalue weighted by Gasteiger charge is 2.70. The topological polar surface area (TPSA) is 121 Å². The van der Waals surface area contributed by atoms with Gasteiger partial charge in [0.1, 0.15) is 18.1 Å². The summed E-state index contributed by atoms with van der Waals surface area (Å²) in [4.78, 5) is 54.7. The molecule has 3 aromatic rings. The predicted molar refractivity (Wildman–Crippen MR) is 132 cm³/mol. The van der Waals surface area contributed by atoms with Crippen LogP contribution < -0.4 is 4.87 Å². The van der Waals surface area contributed by atoms with Gasteiger partial charge in [0.15, 0.2) is 0 Å². The van der Waals surface area contributed by atoms with E-state index in [2.05, 4.69) is 4.98 Å². The largest absolute Gasteiger partial charge is 0.480 e. The molecule has 11 heteroatoms. The van der Waals surface area contributed by atoms with Crippen LogP contribution in [-0.2, 0) is 14.4 Å². The van der Waals surface area contributed by atoms with Crippen LogP contribution in [0.3, 0.4) is 0 Å². The Balaban J connectivity index is 1.32. The molecule has 4 heterocycles. The number of aromatic nitrogens is 1. The summed E-state index contributed by atoms with van der Waals surface area (Å²) in [6.07, 6.45) is 0.726. The van der Waals surface area contributed by atoms with Crippen LogP contribution in [0.15, 0.2) is 50.6 Å². The van der Waals surface area contributed by atoms with Gasteiger partial charge in [0.25, 0.3) is 0 Å². The highest BCUT2D eigenvalue weighted by molar-refractivity contribution is 8.00. The molecular formula is C25H19ClN2O6S2. The van der Waals surface area contributed by atoms with Crippen molar-refractivity contribution in [2.45, 2.75) is 22.6 Å². The van der Waals surface area contributed by atoms with Crippen LogP contribution in [0.2, 0.25) is 5.02 Å². The molecule has 4 aliphatic rings. The average molecular weight is 543 g/mol. The second-order valence-corrected chi connectivity index (χ2v) is 12.4. The van der Waals surface area contributed by atoms with Gasteiger partial charge in [-0.25, -0.2) is 0 Å². The quantitative estimate of drug-likeness (QED) is 0.479. The van der Waals surface area contributed by atoms with E-state index in [0.29, 0.717) is 16.5 Å². The van der Waals surface area contributed by atoms with E-state index < -0.39 is 24.3 Å². The van der Waals surface area contributed by atoms with E-state index in [1.807, 2.05) is 30.3 Å². The molecule has 36 heavy (non-hydrogen) atoms. The Morgan fingerprint density at radius 2 is 1.86 bits per heavy atom. The number of nitrogens with zero attached hydrogens (tertiary/aromatic N) is 1. The van der Waals surface area contributed by atoms with Gasteiger partial charge in [-0.1, -0.05) is 35.1 Å². The van der Waals surface area contributed by atoms with Crippen molar-refractivity contribution < 1.29 is 23.9 Å². The number of hydrogen-bond acceptors (Lipinski definition) is 7. The number of carbonyl (C=O) groups is 3. The Labute approximate surface area is 217 Å². The summed E-state index contributed by atoms with van der Waals surface area (Å²) >= 11 is 9.13. The number of aromatic amines is 1. The minimum atomic E-state index is -1.20. The fraction of sp³-hybridized carbons (Fsp3) is 0.360. The normalized spacial score (nSPS) is 32.0. The summed E-state index contributed by atoms with van der Waals surface area (Å²) in [5.41, 5.74) is 0.767. The van der Waals surface area contributed by atoms with E-state index in [0.717, 1.165) is 38.1 Å². The van der Waals surface area contributed by atoms with Gasteiger partial charge in [0.05, 0.1) is 32.7 Å². The molecule has 2 N–H and O–H groups in total. The number of carboxylic acids is 1. The van der Waals surface area contributed by atoms with Crippen molar-refractivity contribution in [3.05, 3.63) is 61.7 Å². The van der Waals surface area contributed by atoms with E-state index in [9.17, 15) is 24.3 Å². The molecule has 2 bridgehead atoms. The first-order chi connectivity index (χ1) is 17.3. The number of furan rings is 1. The molecule has 2 aliphatic carbocycles. The van der Waals surface area contributed by atoms with Gasteiger partial charge in [-0.2, -0.15) is 0 Å². The van der Waals surface area contributed by atoms with Crippen LogP contribution >= 0.6 is 34.7 Å². The Hall–Kier alpha value is -2.82. The number of imide groups is 1. The van der Waals surface area contributed by atoms with Gasteiger partial charge >= 0.3 is 10.8 Å². The number of rotatable bonds is 4. The van der Waals surface area contributed by atoms with Gasteiger partial charge in [-0.15, -0.1) is 11.8 Å². The molecule has 7 atom stereocenters. The second-order valence-electron chi connectivity index (χ2n) is 9.80. The van der Waals surface area contributed by atoms with E-state index in [4.69, 9.17) is 16.0 Å². The number of carboxylic acid groups (broad SMARTS) is 1. The average Bonchev–Trinajstić information content (AvgIpc) is 3.64. The Bertz CT molecular complexity index is 1510. The van der Waals surface area contributed by atoms with Gasteiger partial charge in [-0.05, 0) is 48.4 Å². The van der Waals surface area contributed by atoms with Crippen molar-refractivity contribution in [3.63, 3.8) is 0 Å². The zero-order valence-electron chi connectivity index (χ0n) is 18.5. The van der Waals surface area contributed by atoms with Gasteiger partial charge in [-0.3, -0.25) is 24.1 Å². The van der Waals surface area contributed by atoms with E-state index >= 15 is 0 Å². The maximum atomic E-state index is 13.3. The number of amides is 2. The molecule has 2 aromatic heterocycles. The second kappa shape index (κ2) is 7.84. The van der Waals surface area contributed by atoms with Gasteiger partial charge in [0.2, 0.25) is 11.8 Å². The minimum absolute atomic E-state index is 0.00870. The number of benzene rings is 1. The van der Waals surface area contributed by atoms with E-state index in [1.54, 1.807) is 17.8 Å². The molecule has 8 nitrogen and oxygen atoms in total. The summed E-state index contributed by atoms with van der Waals surface area (Å²) in [7, 11) is 0. The number of halogens is 1. The molecule has 3 fully saturated rings. The van der Waals surface area contributed by atoms with Crippen molar-refractivity contribution in [1.29, 1.82) is 0 Å². The molecule has 2 saturated carbocycles. The molecule has 7 rings (SSSR count). The fourth-order valence-corrected chi connectivity index (χ4v) is 10.1. The lowest BCUT2D eigenvalue weighted by molar-refractivity contribution is -0.149. The zero-order chi connectivity index (χ0) is 24.9. The number of fused-ring (bicyclic) bond motifs is 9. The van der Waals surface area contributed by atoms with E-state index in [1.165, 1.54) is 0 Å². The zero-order valence-corrected chi connectivity index (χ0v) is 20.9. The lowest BCUT2D eigenvalue weighted by Gasteiger charge is -2.42. The van der Waals surface area contributed by atoms with Crippen LogP contribution in [0.1, 0.15) is 23.0 Å². The van der Waals surface area contributed by atoms with Crippen LogP contribution in [0.5, 0.6) is 0 Å². The number of H-pyrrole nitrogens is 1. The third kappa shape index (κ3) is 3.01. The standard InChI is InChI=1S/C25H19ClN2O6S2/c26-12-4-2-1-3-9(12)13-5-6-14(34-13)19-16-10-7-11(20(16)35-22-21(19)36-25(33)27-22)18-17(10)23(31)28(24(18)32)8-15(29)30/h1-6,10-11,16-20H,7-8H2,(H,27,33)(H,29,30). The van der Waals surface area contributed by atoms with Crippen molar-refractivity contribution in [2.24, 2.45) is 29.6 Å². The monoisotopic (exact) mass is 542 g/mol. The molecule has 1 aromatic carbocycles. The number of nitrogens with one attached hydrogen (secondary N) is 1. The molecular weight excluding hydrogens is 524 g/mol. The van der Waals surface area contributed by atoms with Crippen molar-refractivity contribution in [3.8, 4) is 11.3 Å². The summed E-state index contributed by atoms with van der Waals surface area (Å²) < 4.78 is 6.36. The number of thioether (sulfide) groups is 1. The molecule has 184 valence electrons. The summed E-state index contributed by atoms with van der Waals surface area (Å²) in [6, 6.07) is 11.2. The van der Waals surface area contributed by atoms with Crippen LogP contribution in [-0.4, -0.2) is 44.6 Å². The van der Waals surface area contributed by atoms with Crippen molar-refractivity contribution in [2.75, 3.05) is 6.54 Å². The third-order valence-electron chi connectivity index (χ3n) is 8.18. The number of hydrogen-bond donors (Lipinski definition) is 2. The molecule has 1 saturated heterocycles. The third-order valence-corrected chi connectivity index (χ3v) is 11.1. The summed E-state index contributed by atoms with van der Waals surface area (Å²) in [5.74, 6) is -2.11. The number of likely N-dealkylation sites (tertiary alicyclic amines) is 1. The Morgan fingerprint density at radius 3 is 2.61 bits per heavy atom. The van der Waals surface area contributed by atoms with Gasteiger partial charge < -0.3 is 14.5 Å². The summed E-state index contributed by atoms with van der Waals surface area (Å²) in [6.45, 7) is -0.601. The Morgan fingerprint density at radius 1 is 1.11 bits per heavy atom. The highest BCUT2D eigenvalue weighted by atomic mass is 35.5. The summed E-state index contributed by atoms with van der Waals surface area (Å²) in [5, 5.41) is 10.6.